The molecular formula is C11H15BrCl2N2O3S. The van der Waals surface area contributed by atoms with E-state index in [0.29, 0.717) is 24.2 Å². The molecule has 0 atom stereocenters. The third-order valence-electron chi connectivity index (χ3n) is 2.31. The molecule has 0 amide bonds. The van der Waals surface area contributed by atoms with Crippen LogP contribution < -0.4 is 10.0 Å². The molecule has 0 saturated carbocycles. The molecule has 0 radical (unpaired) electrons. The third-order valence-corrected chi connectivity index (χ3v) is 5.15. The van der Waals surface area contributed by atoms with E-state index in [4.69, 9.17) is 27.9 Å². The van der Waals surface area contributed by atoms with Gasteiger partial charge in [0.15, 0.2) is 0 Å². The van der Waals surface area contributed by atoms with E-state index >= 15 is 0 Å². The van der Waals surface area contributed by atoms with Crippen LogP contribution in [-0.2, 0) is 14.8 Å². The second-order valence-corrected chi connectivity index (χ2v) is 7.27. The third kappa shape index (κ3) is 5.48. The minimum absolute atomic E-state index is 0.0733. The Hall–Kier alpha value is 0.110. The number of sulfonamides is 1. The molecule has 0 aliphatic heterocycles. The number of ether oxygens (including phenoxy) is 1. The molecule has 1 rings (SSSR count). The normalized spacial score (nSPS) is 11.8. The Bertz CT molecular complexity index is 532. The van der Waals surface area contributed by atoms with Crippen molar-refractivity contribution in [2.45, 2.75) is 4.90 Å². The molecule has 0 aromatic heterocycles. The van der Waals surface area contributed by atoms with E-state index in [1.54, 1.807) is 7.11 Å². The van der Waals surface area contributed by atoms with Gasteiger partial charge in [-0.1, -0.05) is 39.1 Å². The molecule has 0 unspecified atom stereocenters. The Morgan fingerprint density at radius 1 is 1.20 bits per heavy atom. The molecule has 5 nitrogen and oxygen atoms in total. The molecular weight excluding hydrogens is 391 g/mol. The summed E-state index contributed by atoms with van der Waals surface area (Å²) in [5.74, 6) is 0. The highest BCUT2D eigenvalue weighted by Gasteiger charge is 2.21. The summed E-state index contributed by atoms with van der Waals surface area (Å²) in [6.07, 6.45) is 0. The van der Waals surface area contributed by atoms with Crippen molar-refractivity contribution in [1.82, 2.24) is 10.0 Å². The van der Waals surface area contributed by atoms with Gasteiger partial charge in [-0.2, -0.15) is 0 Å². The molecule has 114 valence electrons. The minimum Gasteiger partial charge on any atom is -0.383 e. The maximum atomic E-state index is 12.1. The zero-order valence-corrected chi connectivity index (χ0v) is 14.7. The second-order valence-electron chi connectivity index (χ2n) is 3.84. The first-order valence-electron chi connectivity index (χ1n) is 5.72. The van der Waals surface area contributed by atoms with Crippen LogP contribution >= 0.6 is 39.1 Å². The van der Waals surface area contributed by atoms with Crippen LogP contribution in [0.4, 0.5) is 0 Å². The molecule has 0 spiro atoms. The highest BCUT2D eigenvalue weighted by atomic mass is 79.9. The molecule has 0 aliphatic carbocycles. The van der Waals surface area contributed by atoms with E-state index in [9.17, 15) is 8.42 Å². The zero-order valence-electron chi connectivity index (χ0n) is 10.8. The van der Waals surface area contributed by atoms with Crippen LogP contribution in [-0.4, -0.2) is 41.8 Å². The highest BCUT2D eigenvalue weighted by molar-refractivity contribution is 9.10. The Labute approximate surface area is 137 Å². The second kappa shape index (κ2) is 8.53. The van der Waals surface area contributed by atoms with Gasteiger partial charge in [0.2, 0.25) is 10.0 Å². The van der Waals surface area contributed by atoms with Gasteiger partial charge in [-0.05, 0) is 12.1 Å². The fourth-order valence-electron chi connectivity index (χ4n) is 1.43. The van der Waals surface area contributed by atoms with Crippen LogP contribution in [0.15, 0.2) is 21.5 Å². The van der Waals surface area contributed by atoms with Crippen molar-refractivity contribution in [3.8, 4) is 0 Å². The van der Waals surface area contributed by atoms with Crippen molar-refractivity contribution in [3.63, 3.8) is 0 Å². The summed E-state index contributed by atoms with van der Waals surface area (Å²) in [5, 5.41) is 3.17. The van der Waals surface area contributed by atoms with Crippen molar-refractivity contribution in [3.05, 3.63) is 26.7 Å². The number of methoxy groups -OCH3 is 1. The zero-order chi connectivity index (χ0) is 15.2. The van der Waals surface area contributed by atoms with Crippen LogP contribution in [0.25, 0.3) is 0 Å². The summed E-state index contributed by atoms with van der Waals surface area (Å²) in [7, 11) is -2.14. The standard InChI is InChI=1S/C11H15BrCl2N2O3S/c1-19-5-4-15-2-3-16-20(17,18)11-9(13)6-8(12)7-10(11)14/h6-7,15-16H,2-5H2,1H3. The van der Waals surface area contributed by atoms with Crippen LogP contribution in [0.1, 0.15) is 0 Å². The van der Waals surface area contributed by atoms with Crippen molar-refractivity contribution in [2.24, 2.45) is 0 Å². The number of hydrogen-bond donors (Lipinski definition) is 2. The lowest BCUT2D eigenvalue weighted by Gasteiger charge is -2.11. The molecule has 2 N–H and O–H groups in total. The van der Waals surface area contributed by atoms with Crippen molar-refractivity contribution in [2.75, 3.05) is 33.4 Å². The summed E-state index contributed by atoms with van der Waals surface area (Å²) in [4.78, 5) is -0.110. The lowest BCUT2D eigenvalue weighted by Crippen LogP contribution is -2.33. The van der Waals surface area contributed by atoms with Crippen molar-refractivity contribution >= 4 is 49.2 Å². The Morgan fingerprint density at radius 3 is 2.35 bits per heavy atom. The van der Waals surface area contributed by atoms with E-state index in [1.807, 2.05) is 0 Å². The number of nitrogens with one attached hydrogen (secondary N) is 2. The highest BCUT2D eigenvalue weighted by Crippen LogP contribution is 2.32. The van der Waals surface area contributed by atoms with Gasteiger partial charge in [-0.3, -0.25) is 0 Å². The monoisotopic (exact) mass is 404 g/mol. The summed E-state index contributed by atoms with van der Waals surface area (Å²) in [5.41, 5.74) is 0. The van der Waals surface area contributed by atoms with E-state index in [1.165, 1.54) is 12.1 Å². The summed E-state index contributed by atoms with van der Waals surface area (Å²) >= 11 is 15.1. The average Bonchev–Trinajstić information content (AvgIpc) is 2.31. The molecule has 20 heavy (non-hydrogen) atoms. The van der Waals surface area contributed by atoms with E-state index in [0.717, 1.165) is 0 Å². The lowest BCUT2D eigenvalue weighted by molar-refractivity contribution is 0.199. The summed E-state index contributed by atoms with van der Waals surface area (Å²) in [6.45, 7) is 1.93. The van der Waals surface area contributed by atoms with Gasteiger partial charge in [0, 0.05) is 31.2 Å². The van der Waals surface area contributed by atoms with Gasteiger partial charge in [0.1, 0.15) is 4.90 Å². The summed E-state index contributed by atoms with van der Waals surface area (Å²) < 4.78 is 32.2. The lowest BCUT2D eigenvalue weighted by atomic mass is 10.4. The van der Waals surface area contributed by atoms with Crippen molar-refractivity contribution < 1.29 is 13.2 Å². The van der Waals surface area contributed by atoms with Gasteiger partial charge in [-0.25, -0.2) is 13.1 Å². The van der Waals surface area contributed by atoms with Crippen LogP contribution in [0, 0.1) is 0 Å². The first-order chi connectivity index (χ1) is 9.38. The van der Waals surface area contributed by atoms with Gasteiger partial charge in [0.05, 0.1) is 16.7 Å². The Morgan fingerprint density at radius 2 is 1.80 bits per heavy atom. The predicted molar refractivity (Wildman–Crippen MR) is 84.1 cm³/mol. The minimum atomic E-state index is -3.74. The number of rotatable bonds is 8. The molecule has 9 heteroatoms. The van der Waals surface area contributed by atoms with Crippen LogP contribution in [0.5, 0.6) is 0 Å². The molecule has 0 saturated heterocycles. The maximum Gasteiger partial charge on any atom is 0.243 e. The first-order valence-corrected chi connectivity index (χ1v) is 8.75. The summed E-state index contributed by atoms with van der Waals surface area (Å²) in [6, 6.07) is 2.97. The van der Waals surface area contributed by atoms with Crippen LogP contribution in [0.2, 0.25) is 10.0 Å². The molecule has 1 aromatic rings. The van der Waals surface area contributed by atoms with Crippen molar-refractivity contribution in [1.29, 1.82) is 0 Å². The van der Waals surface area contributed by atoms with Gasteiger partial charge < -0.3 is 10.1 Å². The van der Waals surface area contributed by atoms with Gasteiger partial charge in [-0.15, -0.1) is 0 Å². The number of halogens is 3. The smallest absolute Gasteiger partial charge is 0.243 e. The fourth-order valence-corrected chi connectivity index (χ4v) is 4.40. The predicted octanol–water partition coefficient (Wildman–Crippen LogP) is 2.27. The van der Waals surface area contributed by atoms with Gasteiger partial charge >= 0.3 is 0 Å². The molecule has 0 fully saturated rings. The number of hydrogen-bond acceptors (Lipinski definition) is 4. The SMILES string of the molecule is COCCNCCNS(=O)(=O)c1c(Cl)cc(Br)cc1Cl. The van der Waals surface area contributed by atoms with E-state index < -0.39 is 10.0 Å². The fraction of sp³-hybridized carbons (Fsp3) is 0.455. The Kier molecular flexibility index (Phi) is 7.74. The molecule has 0 aliphatic rings. The average molecular weight is 406 g/mol. The first kappa shape index (κ1) is 18.2. The molecule has 0 bridgehead atoms. The largest absolute Gasteiger partial charge is 0.383 e. The molecule has 1 aromatic carbocycles. The quantitative estimate of drug-likeness (QED) is 0.651. The van der Waals surface area contributed by atoms with Crippen LogP contribution in [0.3, 0.4) is 0 Å². The molecule has 0 heterocycles. The number of benzene rings is 1. The maximum absolute atomic E-state index is 12.1. The van der Waals surface area contributed by atoms with E-state index in [-0.39, 0.29) is 21.5 Å². The Balaban J connectivity index is 2.66. The van der Waals surface area contributed by atoms with Gasteiger partial charge in [0.25, 0.3) is 0 Å². The topological polar surface area (TPSA) is 67.4 Å². The van der Waals surface area contributed by atoms with E-state index in [2.05, 4.69) is 26.0 Å².